The topological polar surface area (TPSA) is 89.8 Å². The van der Waals surface area contributed by atoms with E-state index >= 15 is 0 Å². The maximum absolute atomic E-state index is 7.97. The van der Waals surface area contributed by atoms with Crippen LogP contribution in [0.4, 0.5) is 17.1 Å². The van der Waals surface area contributed by atoms with Gasteiger partial charge in [-0.2, -0.15) is 0 Å². The third-order valence-electron chi connectivity index (χ3n) is 17.3. The van der Waals surface area contributed by atoms with Crippen LogP contribution in [-0.2, 0) is 5.41 Å². The summed E-state index contributed by atoms with van der Waals surface area (Å²) in [4.78, 5) is 36.1. The second-order valence-electron chi connectivity index (χ2n) is 24.1. The lowest BCUT2D eigenvalue weighted by Crippen LogP contribution is -2.60. The van der Waals surface area contributed by atoms with Crippen LogP contribution in [0.1, 0.15) is 26.3 Å². The van der Waals surface area contributed by atoms with Crippen molar-refractivity contribution in [2.45, 2.75) is 26.2 Å². The molecule has 0 saturated heterocycles. The summed E-state index contributed by atoms with van der Waals surface area (Å²) in [5, 5.41) is 0. The van der Waals surface area contributed by atoms with Gasteiger partial charge in [-0.15, -0.1) is 0 Å². The Morgan fingerprint density at radius 3 is 1.07 bits per heavy atom. The van der Waals surface area contributed by atoms with Crippen molar-refractivity contribution in [2.24, 2.45) is 0 Å². The first kappa shape index (κ1) is 54.7. The molecule has 0 fully saturated rings. The van der Waals surface area contributed by atoms with E-state index in [4.69, 9.17) is 34.6 Å². The Hall–Kier alpha value is -11.7. The van der Waals surface area contributed by atoms with Crippen molar-refractivity contribution in [1.82, 2.24) is 29.9 Å². The minimum Gasteiger partial charge on any atom is -0.458 e. The first-order chi connectivity index (χ1) is 44.8. The molecule has 12 aromatic carbocycles. The van der Waals surface area contributed by atoms with Crippen LogP contribution in [0.2, 0.25) is 0 Å². The molecular weight excluding hydrogens is 1110 g/mol. The number of anilines is 3. The number of benzene rings is 12. The molecule has 0 unspecified atom stereocenters. The van der Waals surface area contributed by atoms with Crippen molar-refractivity contribution in [1.29, 1.82) is 0 Å². The highest BCUT2D eigenvalue weighted by Gasteiger charge is 2.49. The lowest BCUT2D eigenvalue weighted by Gasteiger charge is -2.45. The van der Waals surface area contributed by atoms with Gasteiger partial charge in [0.1, 0.15) is 11.5 Å². The van der Waals surface area contributed by atoms with Crippen LogP contribution in [0.25, 0.3) is 113 Å². The molecule has 14 aromatic rings. The van der Waals surface area contributed by atoms with E-state index in [0.717, 1.165) is 117 Å². The zero-order chi connectivity index (χ0) is 61.0. The number of nitrogens with zero attached hydrogens (tertiary/aromatic N) is 7. The van der Waals surface area contributed by atoms with Crippen molar-refractivity contribution < 1.29 is 4.74 Å². The third-order valence-corrected chi connectivity index (χ3v) is 17.3. The Balaban J connectivity index is 1.15. The highest BCUT2D eigenvalue weighted by Crippen LogP contribution is 2.57. The summed E-state index contributed by atoms with van der Waals surface area (Å²) < 4.78 is 7.97. The van der Waals surface area contributed by atoms with Crippen LogP contribution in [-0.4, -0.2) is 36.6 Å². The van der Waals surface area contributed by atoms with Gasteiger partial charge in [0.2, 0.25) is 0 Å². The SMILES string of the molecule is CC(C)(C)c1c(-c2nc(-c3ccccc3)nc(-c3ccccc3)n2)c2c3c(c1-c1nc(-c4ccccc4)nc(-c4ccccc4)n1)N(c1c(-c4ccccc4)cccc1-c1ccccc1)c1ccc(-c4ccccc4)cc1B3c1cc(-c3ccccc3)ccc1O2. The standard InChI is InChI=1S/C82H58BN7O/c1-82(2,3)71-69(80-86-76(57-37-20-8-21-38-57)84-77(87-80)58-39-22-9-23-40-58)74-72-75(70(71)81-88-78(59-41-24-10-25-42-59)85-79(89-81)60-43-26-11-27-44-60)91-68-50-48-62(54-31-14-5-15-32-54)52-66(68)83(72)65-51-61(53-29-12-4-13-30-53)47-49-67(65)90(74)73-63(55-33-16-6-17-34-55)45-28-46-64(73)56-35-18-7-19-36-56/h4-52H,1-3H3. The predicted octanol–water partition coefficient (Wildman–Crippen LogP) is 18.4. The van der Waals surface area contributed by atoms with E-state index in [2.05, 4.69) is 250 Å². The minimum absolute atomic E-state index is 0.449. The lowest BCUT2D eigenvalue weighted by atomic mass is 9.33. The summed E-state index contributed by atoms with van der Waals surface area (Å²) in [6.07, 6.45) is 0. The van der Waals surface area contributed by atoms with Gasteiger partial charge in [-0.1, -0.05) is 306 Å². The monoisotopic (exact) mass is 1170 g/mol. The average molecular weight is 1170 g/mol. The molecular formula is C82H58BN7O. The molecule has 0 bridgehead atoms. The van der Waals surface area contributed by atoms with Gasteiger partial charge in [0.15, 0.2) is 34.9 Å². The summed E-state index contributed by atoms with van der Waals surface area (Å²) in [6, 6.07) is 104. The predicted molar refractivity (Wildman–Crippen MR) is 372 cm³/mol. The Labute approximate surface area is 530 Å². The van der Waals surface area contributed by atoms with Crippen molar-refractivity contribution in [3.63, 3.8) is 0 Å². The van der Waals surface area contributed by atoms with Gasteiger partial charge < -0.3 is 9.64 Å². The van der Waals surface area contributed by atoms with E-state index in [-0.39, 0.29) is 0 Å². The van der Waals surface area contributed by atoms with Crippen LogP contribution >= 0.6 is 0 Å². The first-order valence-electron chi connectivity index (χ1n) is 30.9. The molecule has 2 aliphatic rings. The largest absolute Gasteiger partial charge is 0.458 e. The fourth-order valence-electron chi connectivity index (χ4n) is 13.3. The number of para-hydroxylation sites is 1. The molecule has 16 rings (SSSR count). The lowest BCUT2D eigenvalue weighted by molar-refractivity contribution is 0.485. The van der Waals surface area contributed by atoms with Crippen molar-refractivity contribution >= 4 is 40.2 Å². The molecule has 4 heterocycles. The normalized spacial score (nSPS) is 12.2. The molecule has 0 spiro atoms. The zero-order valence-corrected chi connectivity index (χ0v) is 50.4. The summed E-state index contributed by atoms with van der Waals surface area (Å²) in [5.41, 5.74) is 19.4. The summed E-state index contributed by atoms with van der Waals surface area (Å²) >= 11 is 0. The van der Waals surface area contributed by atoms with Crippen molar-refractivity contribution in [2.75, 3.05) is 4.90 Å². The zero-order valence-electron chi connectivity index (χ0n) is 50.4. The van der Waals surface area contributed by atoms with Gasteiger partial charge in [0.05, 0.1) is 16.9 Å². The molecule has 430 valence electrons. The van der Waals surface area contributed by atoms with Gasteiger partial charge in [-0.25, -0.2) is 29.9 Å². The maximum Gasteiger partial charge on any atom is 0.256 e. The fourth-order valence-corrected chi connectivity index (χ4v) is 13.3. The number of fused-ring (bicyclic) bond motifs is 4. The molecule has 0 radical (unpaired) electrons. The molecule has 0 atom stereocenters. The van der Waals surface area contributed by atoms with E-state index < -0.39 is 12.1 Å². The molecule has 0 amide bonds. The maximum atomic E-state index is 7.97. The number of hydrogen-bond donors (Lipinski definition) is 0. The van der Waals surface area contributed by atoms with E-state index in [1.165, 1.54) is 0 Å². The minimum atomic E-state index is -0.726. The van der Waals surface area contributed by atoms with Crippen molar-refractivity contribution in [3.05, 3.63) is 303 Å². The summed E-state index contributed by atoms with van der Waals surface area (Å²) in [5.74, 6) is 4.41. The highest BCUT2D eigenvalue weighted by atomic mass is 16.5. The second kappa shape index (κ2) is 22.8. The van der Waals surface area contributed by atoms with E-state index in [1.54, 1.807) is 0 Å². The molecule has 8 nitrogen and oxygen atoms in total. The molecule has 0 saturated carbocycles. The molecule has 2 aromatic heterocycles. The fraction of sp³-hybridized carbons (Fsp3) is 0.0488. The van der Waals surface area contributed by atoms with Crippen LogP contribution < -0.4 is 26.0 Å². The third kappa shape index (κ3) is 9.93. The first-order valence-corrected chi connectivity index (χ1v) is 30.9. The smallest absolute Gasteiger partial charge is 0.256 e. The molecule has 0 aliphatic carbocycles. The van der Waals surface area contributed by atoms with Gasteiger partial charge in [-0.05, 0) is 72.9 Å². The second-order valence-corrected chi connectivity index (χ2v) is 24.1. The van der Waals surface area contributed by atoms with Crippen LogP contribution in [0.15, 0.2) is 297 Å². The molecule has 2 aliphatic heterocycles. The van der Waals surface area contributed by atoms with Crippen LogP contribution in [0.3, 0.4) is 0 Å². The van der Waals surface area contributed by atoms with Gasteiger partial charge in [0.25, 0.3) is 6.71 Å². The van der Waals surface area contributed by atoms with E-state index in [0.29, 0.717) is 46.3 Å². The summed E-state index contributed by atoms with van der Waals surface area (Å²) in [6.45, 7) is 6.34. The highest BCUT2D eigenvalue weighted by molar-refractivity contribution is 6.99. The molecule has 91 heavy (non-hydrogen) atoms. The number of rotatable bonds is 11. The average Bonchev–Trinajstić information content (AvgIpc) is 0.683. The summed E-state index contributed by atoms with van der Waals surface area (Å²) in [7, 11) is 0. The van der Waals surface area contributed by atoms with E-state index in [9.17, 15) is 0 Å². The number of hydrogen-bond acceptors (Lipinski definition) is 8. The Morgan fingerprint density at radius 1 is 0.308 bits per heavy atom. The van der Waals surface area contributed by atoms with Crippen LogP contribution in [0, 0.1) is 0 Å². The van der Waals surface area contributed by atoms with Gasteiger partial charge in [-0.3, -0.25) is 0 Å². The van der Waals surface area contributed by atoms with Gasteiger partial charge >= 0.3 is 0 Å². The number of ether oxygens (including phenoxy) is 1. The Kier molecular flexibility index (Phi) is 13.7. The molecule has 0 N–H and O–H groups in total. The molecule has 9 heteroatoms. The van der Waals surface area contributed by atoms with Crippen LogP contribution in [0.5, 0.6) is 11.5 Å². The quantitative estimate of drug-likeness (QED) is 0.118. The van der Waals surface area contributed by atoms with Crippen molar-refractivity contribution in [3.8, 4) is 124 Å². The number of aromatic nitrogens is 6. The van der Waals surface area contributed by atoms with E-state index in [1.807, 2.05) is 72.8 Å². The van der Waals surface area contributed by atoms with Gasteiger partial charge in [0, 0.05) is 44.6 Å². The Bertz CT molecular complexity index is 4860. The Morgan fingerprint density at radius 2 is 0.659 bits per heavy atom.